The molecule has 0 radical (unpaired) electrons. The molecule has 1 aliphatic rings. The number of nitrogens with zero attached hydrogens (tertiary/aromatic N) is 1. The van der Waals surface area contributed by atoms with Crippen LogP contribution in [0.5, 0.6) is 0 Å². The van der Waals surface area contributed by atoms with E-state index in [1.807, 2.05) is 19.1 Å². The summed E-state index contributed by atoms with van der Waals surface area (Å²) >= 11 is 6.59. The lowest BCUT2D eigenvalue weighted by Crippen LogP contribution is -2.56. The number of nitrogens with one attached hydrogen (secondary N) is 1. The average molecular weight is 447 g/mol. The number of aliphatic hydroxyl groups excluding tert-OH is 5. The molecule has 6 atom stereocenters. The molecular formula is C18H26N2O7S2. The number of aryl methyl sites for hydroxylation is 1. The molecule has 29 heavy (non-hydrogen) atoms. The monoisotopic (exact) mass is 446 g/mol. The van der Waals surface area contributed by atoms with Crippen LogP contribution in [-0.4, -0.2) is 96.8 Å². The molecule has 9 nitrogen and oxygen atoms in total. The van der Waals surface area contributed by atoms with E-state index in [2.05, 4.69) is 5.32 Å². The van der Waals surface area contributed by atoms with Gasteiger partial charge < -0.3 is 40.5 Å². The summed E-state index contributed by atoms with van der Waals surface area (Å²) in [6.07, 6.45) is -6.78. The minimum absolute atomic E-state index is 0.127. The molecule has 0 bridgehead atoms. The zero-order valence-corrected chi connectivity index (χ0v) is 17.6. The first-order valence-electron chi connectivity index (χ1n) is 8.89. The van der Waals surface area contributed by atoms with Crippen molar-refractivity contribution in [3.05, 3.63) is 29.8 Å². The molecular weight excluding hydrogens is 420 g/mol. The summed E-state index contributed by atoms with van der Waals surface area (Å²) in [5, 5.41) is 51.6. The predicted octanol–water partition coefficient (Wildman–Crippen LogP) is -0.956. The van der Waals surface area contributed by atoms with E-state index in [0.717, 1.165) is 17.3 Å². The molecule has 11 heteroatoms. The van der Waals surface area contributed by atoms with Crippen molar-refractivity contribution in [2.45, 2.75) is 42.8 Å². The van der Waals surface area contributed by atoms with E-state index in [0.29, 0.717) is 5.69 Å². The summed E-state index contributed by atoms with van der Waals surface area (Å²) in [5.74, 6) is -0.333. The number of methoxy groups -OCH3 is 1. The normalized spacial score (nSPS) is 23.2. The zero-order valence-electron chi connectivity index (χ0n) is 16.0. The average Bonchev–Trinajstić information content (AvgIpc) is 3.17. The number of hydrogen-bond donors (Lipinski definition) is 6. The van der Waals surface area contributed by atoms with Crippen LogP contribution >= 0.6 is 24.0 Å². The second-order valence-corrected chi connectivity index (χ2v) is 8.22. The van der Waals surface area contributed by atoms with Gasteiger partial charge in [0, 0.05) is 11.4 Å². The fraction of sp³-hybridized carbons (Fsp3) is 0.556. The number of carbonyl (C=O) groups excluding carboxylic acids is 1. The number of thiocarbonyl (C=S) groups is 1. The minimum Gasteiger partial charge on any atom is -0.467 e. The molecule has 1 saturated heterocycles. The van der Waals surface area contributed by atoms with Gasteiger partial charge in [0.2, 0.25) is 0 Å². The number of thioether (sulfide) groups is 1. The van der Waals surface area contributed by atoms with Crippen LogP contribution in [-0.2, 0) is 9.53 Å². The van der Waals surface area contributed by atoms with Crippen molar-refractivity contribution in [2.75, 3.05) is 24.8 Å². The number of esters is 1. The first kappa shape index (κ1) is 23.8. The van der Waals surface area contributed by atoms with Gasteiger partial charge in [0.15, 0.2) is 5.11 Å². The summed E-state index contributed by atoms with van der Waals surface area (Å²) in [5.41, 5.74) is 1.73. The third kappa shape index (κ3) is 5.57. The lowest BCUT2D eigenvalue weighted by molar-refractivity contribution is -0.146. The van der Waals surface area contributed by atoms with Gasteiger partial charge in [-0.1, -0.05) is 17.7 Å². The molecule has 0 saturated carbocycles. The third-order valence-electron chi connectivity index (χ3n) is 4.62. The van der Waals surface area contributed by atoms with E-state index in [9.17, 15) is 25.2 Å². The molecule has 1 aliphatic heterocycles. The quantitative estimate of drug-likeness (QED) is 0.228. The molecule has 0 spiro atoms. The number of carbonyl (C=O) groups is 1. The van der Waals surface area contributed by atoms with Crippen molar-refractivity contribution in [2.24, 2.45) is 0 Å². The maximum Gasteiger partial charge on any atom is 0.329 e. The first-order chi connectivity index (χ1) is 13.7. The van der Waals surface area contributed by atoms with Gasteiger partial charge in [0.1, 0.15) is 35.8 Å². The van der Waals surface area contributed by atoms with Crippen LogP contribution in [0.2, 0.25) is 0 Å². The van der Waals surface area contributed by atoms with Gasteiger partial charge in [-0.05, 0) is 31.3 Å². The van der Waals surface area contributed by atoms with Gasteiger partial charge >= 0.3 is 5.97 Å². The summed E-state index contributed by atoms with van der Waals surface area (Å²) < 4.78 is 4.82. The Hall–Kier alpha value is -1.47. The second kappa shape index (κ2) is 10.5. The van der Waals surface area contributed by atoms with Crippen LogP contribution in [0.15, 0.2) is 24.3 Å². The number of ether oxygens (including phenoxy) is 1. The lowest BCUT2D eigenvalue weighted by atomic mass is 10.0. The Bertz CT molecular complexity index is 706. The van der Waals surface area contributed by atoms with E-state index < -0.39 is 48.4 Å². The highest BCUT2D eigenvalue weighted by Gasteiger charge is 2.47. The van der Waals surface area contributed by atoms with Crippen molar-refractivity contribution >= 4 is 40.7 Å². The second-order valence-electron chi connectivity index (χ2n) is 6.69. The molecule has 1 fully saturated rings. The summed E-state index contributed by atoms with van der Waals surface area (Å²) in [6.45, 7) is 1.15. The fourth-order valence-corrected chi connectivity index (χ4v) is 4.77. The molecule has 0 aliphatic carbocycles. The Morgan fingerprint density at radius 1 is 1.28 bits per heavy atom. The number of benzene rings is 1. The predicted molar refractivity (Wildman–Crippen MR) is 112 cm³/mol. The fourth-order valence-electron chi connectivity index (χ4n) is 2.90. The van der Waals surface area contributed by atoms with E-state index >= 15 is 0 Å². The van der Waals surface area contributed by atoms with Crippen molar-refractivity contribution in [3.63, 3.8) is 0 Å². The minimum atomic E-state index is -1.78. The highest BCUT2D eigenvalue weighted by Crippen LogP contribution is 2.34. The summed E-state index contributed by atoms with van der Waals surface area (Å²) in [6, 6.07) is 6.55. The molecule has 6 N–H and O–H groups in total. The Balaban J connectivity index is 2.24. The first-order valence-corrected chi connectivity index (χ1v) is 10.4. The third-order valence-corrected chi connectivity index (χ3v) is 6.29. The standard InChI is InChI=1S/C18H26N2O7S2/c1-9-3-5-10(6-4-9)19-18(28)20-11(17(26)27-2)8-29-16(20)15(25)14(24)13(23)12(22)7-21/h3-6,11-16,21-25H,7-8H2,1-2H3,(H,19,28)/t11-,12-,13-,14+,15-,16?/m0/s1. The molecule has 1 aromatic carbocycles. The van der Waals surface area contributed by atoms with Crippen LogP contribution in [0.1, 0.15) is 5.56 Å². The lowest BCUT2D eigenvalue weighted by Gasteiger charge is -2.36. The van der Waals surface area contributed by atoms with Gasteiger partial charge in [0.25, 0.3) is 0 Å². The zero-order chi connectivity index (χ0) is 21.7. The van der Waals surface area contributed by atoms with Crippen molar-refractivity contribution in [1.82, 2.24) is 4.90 Å². The topological polar surface area (TPSA) is 143 Å². The van der Waals surface area contributed by atoms with Gasteiger partial charge in [-0.2, -0.15) is 0 Å². The molecule has 1 aromatic rings. The van der Waals surface area contributed by atoms with E-state index in [4.69, 9.17) is 22.1 Å². The summed E-state index contributed by atoms with van der Waals surface area (Å²) in [7, 11) is 1.24. The molecule has 1 heterocycles. The van der Waals surface area contributed by atoms with Crippen molar-refractivity contribution in [3.8, 4) is 0 Å². The molecule has 1 unspecified atom stereocenters. The van der Waals surface area contributed by atoms with E-state index in [1.54, 1.807) is 12.1 Å². The van der Waals surface area contributed by atoms with Gasteiger partial charge in [-0.25, -0.2) is 4.79 Å². The molecule has 0 aromatic heterocycles. The molecule has 0 amide bonds. The SMILES string of the molecule is COC(=O)[C@@H]1CSC([C@@H](O)[C@H](O)[C@@H](O)[C@@H](O)CO)N1C(=S)Nc1ccc(C)cc1. The Morgan fingerprint density at radius 2 is 1.90 bits per heavy atom. The van der Waals surface area contributed by atoms with Crippen LogP contribution in [0.4, 0.5) is 5.69 Å². The van der Waals surface area contributed by atoms with Gasteiger partial charge in [-0.15, -0.1) is 11.8 Å². The van der Waals surface area contributed by atoms with Crippen LogP contribution in [0.25, 0.3) is 0 Å². The largest absolute Gasteiger partial charge is 0.467 e. The van der Waals surface area contributed by atoms with Crippen LogP contribution in [0, 0.1) is 6.92 Å². The van der Waals surface area contributed by atoms with E-state index in [-0.39, 0.29) is 10.9 Å². The van der Waals surface area contributed by atoms with Crippen LogP contribution < -0.4 is 5.32 Å². The number of hydrogen-bond acceptors (Lipinski definition) is 9. The Labute approximate surface area is 178 Å². The Kier molecular flexibility index (Phi) is 8.64. The summed E-state index contributed by atoms with van der Waals surface area (Å²) in [4.78, 5) is 13.6. The van der Waals surface area contributed by atoms with Crippen molar-refractivity contribution in [1.29, 1.82) is 0 Å². The maximum atomic E-state index is 12.2. The highest BCUT2D eigenvalue weighted by atomic mass is 32.2. The van der Waals surface area contributed by atoms with Gasteiger partial charge in [-0.3, -0.25) is 0 Å². The maximum absolute atomic E-state index is 12.2. The van der Waals surface area contributed by atoms with Gasteiger partial charge in [0.05, 0.1) is 13.7 Å². The number of aliphatic hydroxyl groups is 5. The number of rotatable bonds is 7. The number of anilines is 1. The smallest absolute Gasteiger partial charge is 0.329 e. The Morgan fingerprint density at radius 3 is 2.45 bits per heavy atom. The molecule has 162 valence electrons. The van der Waals surface area contributed by atoms with E-state index in [1.165, 1.54) is 12.0 Å². The van der Waals surface area contributed by atoms with Crippen molar-refractivity contribution < 1.29 is 35.1 Å². The molecule has 2 rings (SSSR count). The van der Waals surface area contributed by atoms with Crippen LogP contribution in [0.3, 0.4) is 0 Å². The highest BCUT2D eigenvalue weighted by molar-refractivity contribution is 8.00.